The number of carbonyl (C=O) groups is 1. The van der Waals surface area contributed by atoms with Crippen LogP contribution >= 0.6 is 0 Å². The number of aliphatic hydroxyl groups excluding tert-OH is 1. The second kappa shape index (κ2) is 7.47. The van der Waals surface area contributed by atoms with Gasteiger partial charge in [0, 0.05) is 24.8 Å². The number of hydrogen-bond donors (Lipinski definition) is 2. The molecule has 2 N–H and O–H groups in total. The number of piperidine rings is 1. The number of anilines is 1. The summed E-state index contributed by atoms with van der Waals surface area (Å²) in [4.78, 5) is 14.4. The molecule has 1 amide bonds. The molecule has 0 spiro atoms. The lowest BCUT2D eigenvalue weighted by atomic mass is 10.1. The number of benzene rings is 1. The van der Waals surface area contributed by atoms with Crippen LogP contribution in [0.25, 0.3) is 0 Å². The van der Waals surface area contributed by atoms with E-state index in [1.54, 1.807) is 32.4 Å². The summed E-state index contributed by atoms with van der Waals surface area (Å²) in [6, 6.07) is 5.05. The standard InChI is InChI=1S/C16H24N2O4/c1-11(18-8-6-13(19)7-9-18)16(20)17-12-4-5-14(21-2)15(10-12)22-3/h4-5,10-11,13,19H,6-9H2,1-3H3,(H,17,20). The number of likely N-dealkylation sites (tertiary alicyclic amines) is 1. The van der Waals surface area contributed by atoms with E-state index in [1.807, 2.05) is 6.92 Å². The molecule has 6 nitrogen and oxygen atoms in total. The molecule has 0 aliphatic carbocycles. The van der Waals surface area contributed by atoms with Crippen LogP contribution in [0.3, 0.4) is 0 Å². The minimum atomic E-state index is -0.239. The number of carbonyl (C=O) groups excluding carboxylic acids is 1. The van der Waals surface area contributed by atoms with Crippen LogP contribution in [0.5, 0.6) is 11.5 Å². The van der Waals surface area contributed by atoms with Gasteiger partial charge in [0.15, 0.2) is 11.5 Å². The molecule has 2 rings (SSSR count). The maximum absolute atomic E-state index is 12.4. The quantitative estimate of drug-likeness (QED) is 0.862. The predicted octanol–water partition coefficient (Wildman–Crippen LogP) is 1.49. The molecule has 22 heavy (non-hydrogen) atoms. The number of nitrogens with one attached hydrogen (secondary N) is 1. The summed E-state index contributed by atoms with van der Waals surface area (Å²) in [6.45, 7) is 3.36. The minimum absolute atomic E-state index is 0.0661. The highest BCUT2D eigenvalue weighted by Gasteiger charge is 2.25. The first-order chi connectivity index (χ1) is 10.5. The molecule has 122 valence electrons. The highest BCUT2D eigenvalue weighted by atomic mass is 16.5. The van der Waals surface area contributed by atoms with Crippen molar-refractivity contribution in [3.63, 3.8) is 0 Å². The van der Waals surface area contributed by atoms with Crippen molar-refractivity contribution in [3.05, 3.63) is 18.2 Å². The van der Waals surface area contributed by atoms with Gasteiger partial charge in [-0.3, -0.25) is 9.69 Å². The van der Waals surface area contributed by atoms with Crippen LogP contribution in [0.15, 0.2) is 18.2 Å². The van der Waals surface area contributed by atoms with Crippen molar-refractivity contribution in [2.75, 3.05) is 32.6 Å². The fraction of sp³-hybridized carbons (Fsp3) is 0.562. The topological polar surface area (TPSA) is 71.0 Å². The molecule has 1 atom stereocenters. The Morgan fingerprint density at radius 1 is 1.27 bits per heavy atom. The van der Waals surface area contributed by atoms with Crippen molar-refractivity contribution in [2.45, 2.75) is 31.9 Å². The van der Waals surface area contributed by atoms with Crippen molar-refractivity contribution in [2.24, 2.45) is 0 Å². The number of aliphatic hydroxyl groups is 1. The van der Waals surface area contributed by atoms with Crippen LogP contribution in [0.4, 0.5) is 5.69 Å². The second-order valence-electron chi connectivity index (χ2n) is 5.50. The van der Waals surface area contributed by atoms with Gasteiger partial charge < -0.3 is 19.9 Å². The fourth-order valence-electron chi connectivity index (χ4n) is 2.60. The van der Waals surface area contributed by atoms with Crippen LogP contribution in [0.1, 0.15) is 19.8 Å². The average molecular weight is 308 g/mol. The first kappa shape index (κ1) is 16.6. The Bertz CT molecular complexity index is 513. The van der Waals surface area contributed by atoms with E-state index in [4.69, 9.17) is 9.47 Å². The van der Waals surface area contributed by atoms with Crippen LogP contribution in [-0.4, -0.2) is 55.4 Å². The predicted molar refractivity (Wildman–Crippen MR) is 84.5 cm³/mol. The lowest BCUT2D eigenvalue weighted by Crippen LogP contribution is -2.47. The SMILES string of the molecule is COc1ccc(NC(=O)C(C)N2CCC(O)CC2)cc1OC. The maximum atomic E-state index is 12.4. The van der Waals surface area contributed by atoms with E-state index >= 15 is 0 Å². The molecule has 0 radical (unpaired) electrons. The summed E-state index contributed by atoms with van der Waals surface area (Å²) in [5.41, 5.74) is 0.673. The number of nitrogens with zero attached hydrogens (tertiary/aromatic N) is 1. The molecule has 1 aromatic rings. The maximum Gasteiger partial charge on any atom is 0.241 e. The summed E-state index contributed by atoms with van der Waals surface area (Å²) in [5.74, 6) is 1.14. The Morgan fingerprint density at radius 2 is 1.91 bits per heavy atom. The lowest BCUT2D eigenvalue weighted by molar-refractivity contribution is -0.121. The molecular weight excluding hydrogens is 284 g/mol. The van der Waals surface area contributed by atoms with Gasteiger partial charge in [0.05, 0.1) is 26.4 Å². The monoisotopic (exact) mass is 308 g/mol. The number of methoxy groups -OCH3 is 2. The fourth-order valence-corrected chi connectivity index (χ4v) is 2.60. The van der Waals surface area contributed by atoms with Crippen molar-refractivity contribution in [1.29, 1.82) is 0 Å². The lowest BCUT2D eigenvalue weighted by Gasteiger charge is -2.33. The number of ether oxygens (including phenoxy) is 2. The molecule has 0 aromatic heterocycles. The summed E-state index contributed by atoms with van der Waals surface area (Å²) in [6.07, 6.45) is 1.19. The second-order valence-corrected chi connectivity index (χ2v) is 5.50. The third kappa shape index (κ3) is 3.90. The van der Waals surface area contributed by atoms with Gasteiger partial charge in [0.1, 0.15) is 0 Å². The zero-order valence-corrected chi connectivity index (χ0v) is 13.3. The highest BCUT2D eigenvalue weighted by molar-refractivity contribution is 5.94. The molecule has 0 saturated carbocycles. The molecule has 1 aromatic carbocycles. The van der Waals surface area contributed by atoms with Gasteiger partial charge >= 0.3 is 0 Å². The summed E-state index contributed by atoms with van der Waals surface area (Å²) in [5, 5.41) is 12.4. The van der Waals surface area contributed by atoms with E-state index in [1.165, 1.54) is 0 Å². The summed E-state index contributed by atoms with van der Waals surface area (Å²) >= 11 is 0. The Kier molecular flexibility index (Phi) is 5.63. The number of rotatable bonds is 5. The first-order valence-electron chi connectivity index (χ1n) is 7.50. The smallest absolute Gasteiger partial charge is 0.241 e. The molecule has 1 heterocycles. The van der Waals surface area contributed by atoms with Crippen LogP contribution < -0.4 is 14.8 Å². The molecule has 1 aliphatic rings. The third-order valence-corrected chi connectivity index (χ3v) is 4.08. The molecule has 0 bridgehead atoms. The van der Waals surface area contributed by atoms with E-state index < -0.39 is 0 Å². The van der Waals surface area contributed by atoms with E-state index in [2.05, 4.69) is 10.2 Å². The van der Waals surface area contributed by atoms with Crippen molar-refractivity contribution in [3.8, 4) is 11.5 Å². The van der Waals surface area contributed by atoms with E-state index in [0.717, 1.165) is 13.1 Å². The molecule has 1 unspecified atom stereocenters. The van der Waals surface area contributed by atoms with E-state index in [-0.39, 0.29) is 18.1 Å². The molecular formula is C16H24N2O4. The minimum Gasteiger partial charge on any atom is -0.493 e. The molecule has 1 fully saturated rings. The van der Waals surface area contributed by atoms with E-state index in [9.17, 15) is 9.90 Å². The van der Waals surface area contributed by atoms with Gasteiger partial charge in [0.25, 0.3) is 0 Å². The normalized spacial score (nSPS) is 17.8. The zero-order valence-electron chi connectivity index (χ0n) is 13.3. The van der Waals surface area contributed by atoms with Gasteiger partial charge in [-0.2, -0.15) is 0 Å². The van der Waals surface area contributed by atoms with Crippen molar-refractivity contribution < 1.29 is 19.4 Å². The van der Waals surface area contributed by atoms with Crippen LogP contribution in [-0.2, 0) is 4.79 Å². The first-order valence-corrected chi connectivity index (χ1v) is 7.50. The van der Waals surface area contributed by atoms with Crippen molar-refractivity contribution >= 4 is 11.6 Å². The highest BCUT2D eigenvalue weighted by Crippen LogP contribution is 2.29. The van der Waals surface area contributed by atoms with Crippen molar-refractivity contribution in [1.82, 2.24) is 4.90 Å². The summed E-state index contributed by atoms with van der Waals surface area (Å²) in [7, 11) is 3.13. The van der Waals surface area contributed by atoms with Gasteiger partial charge in [0.2, 0.25) is 5.91 Å². The third-order valence-electron chi connectivity index (χ3n) is 4.08. The van der Waals surface area contributed by atoms with Gasteiger partial charge in [-0.1, -0.05) is 0 Å². The zero-order chi connectivity index (χ0) is 16.1. The Hall–Kier alpha value is -1.79. The molecule has 1 aliphatic heterocycles. The van der Waals surface area contributed by atoms with Gasteiger partial charge in [-0.25, -0.2) is 0 Å². The largest absolute Gasteiger partial charge is 0.493 e. The molecule has 6 heteroatoms. The van der Waals surface area contributed by atoms with Gasteiger partial charge in [-0.05, 0) is 31.9 Å². The Labute approximate surface area is 131 Å². The average Bonchev–Trinajstić information content (AvgIpc) is 2.54. The van der Waals surface area contributed by atoms with Crippen LogP contribution in [0, 0.1) is 0 Å². The summed E-state index contributed by atoms with van der Waals surface area (Å²) < 4.78 is 10.4. The number of amides is 1. The van der Waals surface area contributed by atoms with Crippen LogP contribution in [0.2, 0.25) is 0 Å². The molecule has 1 saturated heterocycles. The Morgan fingerprint density at radius 3 is 2.50 bits per heavy atom. The Balaban J connectivity index is 1.99. The van der Waals surface area contributed by atoms with E-state index in [0.29, 0.717) is 30.0 Å². The number of hydrogen-bond acceptors (Lipinski definition) is 5. The van der Waals surface area contributed by atoms with Gasteiger partial charge in [-0.15, -0.1) is 0 Å².